The second-order valence-electron chi connectivity index (χ2n) is 3.76. The number of thiocarbonyl (C=S) groups is 1. The van der Waals surface area contributed by atoms with E-state index in [0.29, 0.717) is 0 Å². The van der Waals surface area contributed by atoms with Crippen LogP contribution in [0.5, 0.6) is 0 Å². The molecule has 69 valence electrons. The molecule has 12 heavy (non-hydrogen) atoms. The van der Waals surface area contributed by atoms with Gasteiger partial charge in [0.2, 0.25) is 0 Å². The van der Waals surface area contributed by atoms with Crippen LogP contribution in [0.1, 0.15) is 51.4 Å². The zero-order valence-corrected chi connectivity index (χ0v) is 8.67. The van der Waals surface area contributed by atoms with Crippen molar-refractivity contribution in [3.63, 3.8) is 0 Å². The highest BCUT2D eigenvalue weighted by Gasteiger charge is 2.14. The Morgan fingerprint density at radius 1 is 1.25 bits per heavy atom. The topological polar surface area (TPSA) is 0 Å². The Labute approximate surface area is 81.7 Å². The van der Waals surface area contributed by atoms with E-state index in [1.165, 1.54) is 49.8 Å². The van der Waals surface area contributed by atoms with Crippen molar-refractivity contribution in [1.82, 2.24) is 0 Å². The summed E-state index contributed by atoms with van der Waals surface area (Å²) in [6.45, 7) is 3.91. The van der Waals surface area contributed by atoms with Crippen LogP contribution >= 0.6 is 12.2 Å². The predicted octanol–water partition coefficient (Wildman–Crippen LogP) is 3.94. The third-order valence-electron chi connectivity index (χ3n) is 2.73. The molecule has 0 spiro atoms. The van der Waals surface area contributed by atoms with Gasteiger partial charge in [0.15, 0.2) is 0 Å². The SMILES string of the molecule is [CH2]CCC1CCCCCCC1=S. The fraction of sp³-hybridized carbons (Fsp3) is 0.818. The lowest BCUT2D eigenvalue weighted by Crippen LogP contribution is -2.14. The quantitative estimate of drug-likeness (QED) is 0.584. The molecule has 1 heteroatoms. The van der Waals surface area contributed by atoms with Gasteiger partial charge in [0.05, 0.1) is 0 Å². The first-order valence-corrected chi connectivity index (χ1v) is 5.57. The summed E-state index contributed by atoms with van der Waals surface area (Å²) in [6, 6.07) is 0. The van der Waals surface area contributed by atoms with Gasteiger partial charge >= 0.3 is 0 Å². The van der Waals surface area contributed by atoms with E-state index in [0.717, 1.165) is 12.3 Å². The van der Waals surface area contributed by atoms with Crippen molar-refractivity contribution in [2.24, 2.45) is 5.92 Å². The van der Waals surface area contributed by atoms with Crippen molar-refractivity contribution in [3.05, 3.63) is 6.92 Å². The first-order valence-electron chi connectivity index (χ1n) is 5.16. The highest BCUT2D eigenvalue weighted by Crippen LogP contribution is 2.23. The fourth-order valence-electron chi connectivity index (χ4n) is 1.96. The Balaban J connectivity index is 2.37. The van der Waals surface area contributed by atoms with Crippen LogP contribution in [0.3, 0.4) is 0 Å². The molecule has 0 heterocycles. The van der Waals surface area contributed by atoms with Gasteiger partial charge in [0.1, 0.15) is 0 Å². The zero-order valence-electron chi connectivity index (χ0n) is 7.85. The van der Waals surface area contributed by atoms with E-state index in [1.54, 1.807) is 0 Å². The van der Waals surface area contributed by atoms with E-state index >= 15 is 0 Å². The number of hydrogen-bond acceptors (Lipinski definition) is 1. The van der Waals surface area contributed by atoms with Crippen LogP contribution in [-0.2, 0) is 0 Å². The average Bonchev–Trinajstić information content (AvgIpc) is 2.05. The Morgan fingerprint density at radius 3 is 2.75 bits per heavy atom. The molecular weight excluding hydrogens is 164 g/mol. The molecule has 0 amide bonds. The van der Waals surface area contributed by atoms with Crippen molar-refractivity contribution in [2.75, 3.05) is 0 Å². The summed E-state index contributed by atoms with van der Waals surface area (Å²) in [6.07, 6.45) is 10.3. The van der Waals surface area contributed by atoms with Crippen LogP contribution in [0.2, 0.25) is 0 Å². The lowest BCUT2D eigenvalue weighted by molar-refractivity contribution is 0.501. The van der Waals surface area contributed by atoms with E-state index in [2.05, 4.69) is 6.92 Å². The van der Waals surface area contributed by atoms with Crippen molar-refractivity contribution >= 4 is 17.1 Å². The van der Waals surface area contributed by atoms with Gasteiger partial charge < -0.3 is 0 Å². The van der Waals surface area contributed by atoms with Gasteiger partial charge in [0, 0.05) is 0 Å². The van der Waals surface area contributed by atoms with Gasteiger partial charge in [0.25, 0.3) is 0 Å². The average molecular weight is 183 g/mol. The summed E-state index contributed by atoms with van der Waals surface area (Å²) in [5.41, 5.74) is 0. The third kappa shape index (κ3) is 3.22. The molecule has 0 aliphatic heterocycles. The molecule has 1 saturated carbocycles. The van der Waals surface area contributed by atoms with Gasteiger partial charge in [-0.1, -0.05) is 44.8 Å². The molecule has 0 aromatic heterocycles. The Kier molecular flexibility index (Phi) is 4.82. The van der Waals surface area contributed by atoms with Crippen LogP contribution in [0.25, 0.3) is 0 Å². The van der Waals surface area contributed by atoms with Gasteiger partial charge in [-0.25, -0.2) is 0 Å². The molecule has 0 aromatic carbocycles. The molecule has 0 bridgehead atoms. The maximum absolute atomic E-state index is 5.41. The monoisotopic (exact) mass is 183 g/mol. The Hall–Kier alpha value is 0.0900. The summed E-state index contributed by atoms with van der Waals surface area (Å²) >= 11 is 5.41. The van der Waals surface area contributed by atoms with Crippen molar-refractivity contribution in [3.8, 4) is 0 Å². The summed E-state index contributed by atoms with van der Waals surface area (Å²) in [4.78, 5) is 1.33. The second kappa shape index (κ2) is 5.69. The molecule has 0 saturated heterocycles. The molecule has 1 atom stereocenters. The van der Waals surface area contributed by atoms with Gasteiger partial charge in [-0.15, -0.1) is 0 Å². The highest BCUT2D eigenvalue weighted by molar-refractivity contribution is 7.80. The summed E-state index contributed by atoms with van der Waals surface area (Å²) in [5.74, 6) is 0.720. The maximum atomic E-state index is 5.41. The van der Waals surface area contributed by atoms with Crippen molar-refractivity contribution in [1.29, 1.82) is 0 Å². The molecule has 1 aliphatic carbocycles. The molecule has 1 unspecified atom stereocenters. The molecule has 0 N–H and O–H groups in total. The minimum Gasteiger partial charge on any atom is -0.0894 e. The summed E-state index contributed by atoms with van der Waals surface area (Å²) in [7, 11) is 0. The molecule has 0 aromatic rings. The van der Waals surface area contributed by atoms with E-state index < -0.39 is 0 Å². The molecular formula is C11H19S. The maximum Gasteiger partial charge on any atom is -0.00406 e. The third-order valence-corrected chi connectivity index (χ3v) is 3.27. The summed E-state index contributed by atoms with van der Waals surface area (Å²) in [5, 5.41) is 0. The normalized spacial score (nSPS) is 26.4. The van der Waals surface area contributed by atoms with Gasteiger partial charge in [-0.3, -0.25) is 0 Å². The smallest absolute Gasteiger partial charge is 0.00406 e. The Morgan fingerprint density at radius 2 is 2.00 bits per heavy atom. The van der Waals surface area contributed by atoms with Crippen LogP contribution < -0.4 is 0 Å². The highest BCUT2D eigenvalue weighted by atomic mass is 32.1. The lowest BCUT2D eigenvalue weighted by atomic mass is 9.88. The molecule has 1 rings (SSSR count). The van der Waals surface area contributed by atoms with Crippen LogP contribution in [-0.4, -0.2) is 4.86 Å². The number of hydrogen-bond donors (Lipinski definition) is 0. The minimum atomic E-state index is 0.720. The molecule has 1 fully saturated rings. The molecule has 1 aliphatic rings. The minimum absolute atomic E-state index is 0.720. The van der Waals surface area contributed by atoms with Crippen molar-refractivity contribution < 1.29 is 0 Å². The largest absolute Gasteiger partial charge is 0.0894 e. The lowest BCUT2D eigenvalue weighted by Gasteiger charge is -2.19. The van der Waals surface area contributed by atoms with Crippen LogP contribution in [0.15, 0.2) is 0 Å². The molecule has 0 nitrogen and oxygen atoms in total. The van der Waals surface area contributed by atoms with Crippen LogP contribution in [0.4, 0.5) is 0 Å². The first kappa shape index (κ1) is 10.2. The van der Waals surface area contributed by atoms with E-state index in [1.807, 2.05) is 0 Å². The fourth-order valence-corrected chi connectivity index (χ4v) is 2.34. The van der Waals surface area contributed by atoms with E-state index in [-0.39, 0.29) is 0 Å². The van der Waals surface area contributed by atoms with Crippen LogP contribution in [0, 0.1) is 12.8 Å². The van der Waals surface area contributed by atoms with Crippen molar-refractivity contribution in [2.45, 2.75) is 51.4 Å². The van der Waals surface area contributed by atoms with E-state index in [9.17, 15) is 0 Å². The first-order chi connectivity index (χ1) is 5.84. The van der Waals surface area contributed by atoms with Gasteiger partial charge in [-0.05, 0) is 36.5 Å². The molecule has 1 radical (unpaired) electrons. The zero-order chi connectivity index (χ0) is 8.81. The van der Waals surface area contributed by atoms with E-state index in [4.69, 9.17) is 12.2 Å². The number of rotatable bonds is 2. The van der Waals surface area contributed by atoms with Gasteiger partial charge in [-0.2, -0.15) is 0 Å². The Bertz CT molecular complexity index is 140. The predicted molar refractivity (Wildman–Crippen MR) is 58.4 cm³/mol. The standard InChI is InChI=1S/C11H19S/c1-2-7-10-8-5-3-4-6-9-11(10)12/h10H,1-9H2. The second-order valence-corrected chi connectivity index (χ2v) is 4.28. The summed E-state index contributed by atoms with van der Waals surface area (Å²) < 4.78 is 0.